The van der Waals surface area contributed by atoms with E-state index < -0.39 is 0 Å². The largest absolute Gasteiger partial charge is 0.511 e. The zero-order valence-corrected chi connectivity index (χ0v) is 19.4. The molecule has 2 aliphatic heterocycles. The van der Waals surface area contributed by atoms with Gasteiger partial charge in [0.25, 0.3) is 0 Å². The van der Waals surface area contributed by atoms with Gasteiger partial charge in [-0.3, -0.25) is 4.79 Å². The van der Waals surface area contributed by atoms with Crippen LogP contribution < -0.4 is 0 Å². The fourth-order valence-electron chi connectivity index (χ4n) is 6.03. The lowest BCUT2D eigenvalue weighted by molar-refractivity contribution is -0.118. The first-order chi connectivity index (χ1) is 14.8. The van der Waals surface area contributed by atoms with Crippen LogP contribution in [0.4, 0.5) is 0 Å². The van der Waals surface area contributed by atoms with Crippen LogP contribution in [-0.4, -0.2) is 23.1 Å². The van der Waals surface area contributed by atoms with E-state index in [0.717, 1.165) is 35.1 Å². The molecule has 0 spiro atoms. The van der Waals surface area contributed by atoms with Crippen LogP contribution in [-0.2, 0) is 22.4 Å². The lowest BCUT2D eigenvalue weighted by atomic mass is 9.72. The normalized spacial score (nSPS) is 29.2. The van der Waals surface area contributed by atoms with Gasteiger partial charge in [-0.05, 0) is 66.6 Å². The molecule has 2 heterocycles. The van der Waals surface area contributed by atoms with E-state index >= 15 is 0 Å². The maximum absolute atomic E-state index is 13.6. The molecule has 2 aromatic carbocycles. The molecule has 1 unspecified atom stereocenters. The highest BCUT2D eigenvalue weighted by Gasteiger charge is 2.62. The molecule has 2 fully saturated rings. The van der Waals surface area contributed by atoms with Crippen LogP contribution in [0.3, 0.4) is 0 Å². The van der Waals surface area contributed by atoms with Crippen LogP contribution in [0, 0.1) is 18.8 Å². The minimum atomic E-state index is -0.322. The van der Waals surface area contributed by atoms with Crippen molar-refractivity contribution in [2.24, 2.45) is 11.8 Å². The fourth-order valence-corrected chi connectivity index (χ4v) is 6.47. The minimum absolute atomic E-state index is 0.0149. The SMILES string of the molecule is CCc1cc(C)cc(CC)c1C1=C(O)[C@H]2[C@@H](C1=O)[C@@H]1CC(c3cc(Cl)ccc3Cl)[C@H]2O1. The Kier molecular flexibility index (Phi) is 5.20. The molecule has 3 aliphatic rings. The van der Waals surface area contributed by atoms with Gasteiger partial charge in [0.2, 0.25) is 0 Å². The number of halogens is 2. The molecule has 5 heteroatoms. The van der Waals surface area contributed by atoms with Gasteiger partial charge in [0.05, 0.1) is 29.6 Å². The number of Topliss-reactive ketones (excluding diaryl/α,β-unsaturated/α-hetero) is 1. The zero-order chi connectivity index (χ0) is 22.0. The first kappa shape index (κ1) is 21.1. The number of aliphatic hydroxyl groups is 1. The van der Waals surface area contributed by atoms with Crippen molar-refractivity contribution in [2.45, 2.75) is 58.2 Å². The van der Waals surface area contributed by atoms with Crippen molar-refractivity contribution in [1.82, 2.24) is 0 Å². The number of aryl methyl sites for hydroxylation is 3. The third-order valence-corrected chi connectivity index (χ3v) is 7.87. The number of ether oxygens (including phenoxy) is 1. The van der Waals surface area contributed by atoms with Crippen molar-refractivity contribution in [3.8, 4) is 0 Å². The number of rotatable bonds is 4. The summed E-state index contributed by atoms with van der Waals surface area (Å²) in [6.07, 6.45) is 1.87. The van der Waals surface area contributed by atoms with Gasteiger partial charge < -0.3 is 9.84 Å². The molecule has 0 saturated carbocycles. The third kappa shape index (κ3) is 3.08. The fraction of sp³-hybridized carbons (Fsp3) is 0.423. The number of allylic oxidation sites excluding steroid dienone is 1. The predicted octanol–water partition coefficient (Wildman–Crippen LogP) is 6.47. The summed E-state index contributed by atoms with van der Waals surface area (Å²) in [6, 6.07) is 9.73. The van der Waals surface area contributed by atoms with Gasteiger partial charge in [0, 0.05) is 16.0 Å². The molecule has 2 aromatic rings. The van der Waals surface area contributed by atoms with Crippen molar-refractivity contribution in [3.63, 3.8) is 0 Å². The number of carbonyl (C=O) groups excluding carboxylic acids is 1. The number of aliphatic hydroxyl groups excluding tert-OH is 1. The number of carbonyl (C=O) groups is 1. The number of hydrogen-bond acceptors (Lipinski definition) is 3. The van der Waals surface area contributed by atoms with Crippen LogP contribution in [0.1, 0.15) is 54.0 Å². The predicted molar refractivity (Wildman–Crippen MR) is 124 cm³/mol. The molecule has 0 radical (unpaired) electrons. The van der Waals surface area contributed by atoms with E-state index in [-0.39, 0.29) is 41.5 Å². The molecule has 2 bridgehead atoms. The van der Waals surface area contributed by atoms with Crippen LogP contribution in [0.25, 0.3) is 5.57 Å². The number of fused-ring (bicyclic) bond motifs is 5. The Morgan fingerprint density at radius 3 is 2.39 bits per heavy atom. The second-order valence-corrected chi connectivity index (χ2v) is 9.83. The second kappa shape index (κ2) is 7.65. The van der Waals surface area contributed by atoms with Crippen molar-refractivity contribution in [1.29, 1.82) is 0 Å². The third-order valence-electron chi connectivity index (χ3n) is 7.29. The van der Waals surface area contributed by atoms with Crippen LogP contribution in [0.15, 0.2) is 36.1 Å². The molecule has 3 nitrogen and oxygen atoms in total. The Labute approximate surface area is 193 Å². The van der Waals surface area contributed by atoms with Crippen LogP contribution >= 0.6 is 23.2 Å². The lowest BCUT2D eigenvalue weighted by Gasteiger charge is -2.28. The van der Waals surface area contributed by atoms with Gasteiger partial charge in [-0.2, -0.15) is 0 Å². The molecule has 0 amide bonds. The molecular weight excluding hydrogens is 431 g/mol. The Morgan fingerprint density at radius 1 is 1.06 bits per heavy atom. The summed E-state index contributed by atoms with van der Waals surface area (Å²) in [5.41, 5.74) is 5.81. The Balaban J connectivity index is 1.61. The maximum atomic E-state index is 13.6. The molecule has 162 valence electrons. The molecular formula is C26H26Cl2O3. The molecule has 2 saturated heterocycles. The first-order valence-corrected chi connectivity index (χ1v) is 11.8. The first-order valence-electron chi connectivity index (χ1n) is 11.1. The molecule has 0 aromatic heterocycles. The number of hydrogen-bond donors (Lipinski definition) is 1. The van der Waals surface area contributed by atoms with Crippen molar-refractivity contribution < 1.29 is 14.6 Å². The lowest BCUT2D eigenvalue weighted by Crippen LogP contribution is -2.33. The molecule has 1 aliphatic carbocycles. The van der Waals surface area contributed by atoms with E-state index in [1.165, 1.54) is 5.56 Å². The number of benzene rings is 2. The Morgan fingerprint density at radius 2 is 1.74 bits per heavy atom. The maximum Gasteiger partial charge on any atom is 0.173 e. The summed E-state index contributed by atoms with van der Waals surface area (Å²) in [4.78, 5) is 13.6. The molecule has 5 rings (SSSR count). The van der Waals surface area contributed by atoms with Crippen molar-refractivity contribution in [2.75, 3.05) is 0 Å². The smallest absolute Gasteiger partial charge is 0.173 e. The van der Waals surface area contributed by atoms with E-state index in [2.05, 4.69) is 32.9 Å². The van der Waals surface area contributed by atoms with E-state index in [0.29, 0.717) is 22.0 Å². The topological polar surface area (TPSA) is 46.5 Å². The summed E-state index contributed by atoms with van der Waals surface area (Å²) in [7, 11) is 0. The van der Waals surface area contributed by atoms with Crippen LogP contribution in [0.5, 0.6) is 0 Å². The van der Waals surface area contributed by atoms with Gasteiger partial charge in [-0.25, -0.2) is 0 Å². The molecule has 1 N–H and O–H groups in total. The van der Waals surface area contributed by atoms with Gasteiger partial charge >= 0.3 is 0 Å². The monoisotopic (exact) mass is 456 g/mol. The number of ketones is 1. The van der Waals surface area contributed by atoms with Gasteiger partial charge in [-0.15, -0.1) is 0 Å². The summed E-state index contributed by atoms with van der Waals surface area (Å²) >= 11 is 12.7. The van der Waals surface area contributed by atoms with Gasteiger partial charge in [-0.1, -0.05) is 54.7 Å². The van der Waals surface area contributed by atoms with E-state index in [4.69, 9.17) is 27.9 Å². The van der Waals surface area contributed by atoms with Crippen LogP contribution in [0.2, 0.25) is 10.0 Å². The summed E-state index contributed by atoms with van der Waals surface area (Å²) in [5.74, 6) is -0.402. The van der Waals surface area contributed by atoms with E-state index in [1.807, 2.05) is 6.07 Å². The highest BCUT2D eigenvalue weighted by atomic mass is 35.5. The quantitative estimate of drug-likeness (QED) is 0.573. The Bertz CT molecular complexity index is 1090. The van der Waals surface area contributed by atoms with E-state index in [9.17, 15) is 9.90 Å². The zero-order valence-electron chi connectivity index (χ0n) is 17.9. The van der Waals surface area contributed by atoms with Gasteiger partial charge in [0.15, 0.2) is 5.78 Å². The average Bonchev–Trinajstić information content (AvgIpc) is 3.41. The molecule has 31 heavy (non-hydrogen) atoms. The summed E-state index contributed by atoms with van der Waals surface area (Å²) < 4.78 is 6.24. The standard InChI is InChI=1S/C26H26Cl2O3/c1-4-13-8-12(3)9-14(5-2)20(13)22-24(29)21-19-11-17(26(31-19)23(21)25(22)30)16-10-15(27)6-7-18(16)28/h6-10,17,19,21,23,26,30H,4-5,11H2,1-3H3/t17?,19-,21-,23+,26+/m0/s1. The summed E-state index contributed by atoms with van der Waals surface area (Å²) in [5, 5.41) is 12.7. The molecule has 5 atom stereocenters. The minimum Gasteiger partial charge on any atom is -0.511 e. The second-order valence-electron chi connectivity index (χ2n) is 8.99. The highest BCUT2D eigenvalue weighted by Crippen LogP contribution is 2.59. The van der Waals surface area contributed by atoms with Gasteiger partial charge in [0.1, 0.15) is 5.76 Å². The van der Waals surface area contributed by atoms with Crippen molar-refractivity contribution >= 4 is 34.6 Å². The highest BCUT2D eigenvalue weighted by molar-refractivity contribution is 6.33. The van der Waals surface area contributed by atoms with Crippen molar-refractivity contribution in [3.05, 3.63) is 74.0 Å². The van der Waals surface area contributed by atoms with E-state index in [1.54, 1.807) is 12.1 Å². The summed E-state index contributed by atoms with van der Waals surface area (Å²) in [6.45, 7) is 6.27. The Hall–Kier alpha value is -1.81. The average molecular weight is 457 g/mol.